The average molecular weight is 415 g/mol. The second-order valence-electron chi connectivity index (χ2n) is 7.65. The zero-order valence-electron chi connectivity index (χ0n) is 17.1. The average Bonchev–Trinajstić information content (AvgIpc) is 3.17. The van der Waals surface area contributed by atoms with E-state index in [0.717, 1.165) is 59.3 Å². The van der Waals surface area contributed by atoms with Crippen molar-refractivity contribution in [1.82, 2.24) is 24.8 Å². The maximum atomic E-state index is 12.9. The van der Waals surface area contributed by atoms with Crippen LogP contribution < -0.4 is 5.32 Å². The number of aromatic nitrogens is 3. The summed E-state index contributed by atoms with van der Waals surface area (Å²) in [4.78, 5) is 43.0. The summed E-state index contributed by atoms with van der Waals surface area (Å²) in [7, 11) is 1.85. The molecule has 1 fully saturated rings. The van der Waals surface area contributed by atoms with Gasteiger partial charge in [-0.15, -0.1) is 11.3 Å². The second kappa shape index (κ2) is 8.06. The molecule has 1 N–H and O–H groups in total. The Hall–Kier alpha value is -2.55. The molecular formula is C20H26N6O2S. The summed E-state index contributed by atoms with van der Waals surface area (Å²) in [6, 6.07) is 0. The van der Waals surface area contributed by atoms with Crippen molar-refractivity contribution in [2.75, 3.05) is 32.0 Å². The van der Waals surface area contributed by atoms with Crippen molar-refractivity contribution >= 4 is 29.0 Å². The van der Waals surface area contributed by atoms with E-state index in [1.54, 1.807) is 12.4 Å². The maximum absolute atomic E-state index is 12.9. The lowest BCUT2D eigenvalue weighted by atomic mass is 9.96. The van der Waals surface area contributed by atoms with Gasteiger partial charge in [0.25, 0.3) is 5.91 Å². The highest BCUT2D eigenvalue weighted by Gasteiger charge is 2.31. The Morgan fingerprint density at radius 1 is 1.24 bits per heavy atom. The van der Waals surface area contributed by atoms with Gasteiger partial charge in [-0.25, -0.2) is 15.0 Å². The first-order valence-corrected chi connectivity index (χ1v) is 10.9. The zero-order chi connectivity index (χ0) is 20.5. The quantitative estimate of drug-likeness (QED) is 0.828. The molecule has 0 bridgehead atoms. The monoisotopic (exact) mass is 414 g/mol. The van der Waals surface area contributed by atoms with Gasteiger partial charge in [0, 0.05) is 51.5 Å². The van der Waals surface area contributed by atoms with Crippen LogP contribution in [-0.2, 0) is 17.8 Å². The lowest BCUT2D eigenvalue weighted by Gasteiger charge is -2.33. The minimum atomic E-state index is 0.0543. The number of fused-ring (bicyclic) bond motifs is 1. The van der Waals surface area contributed by atoms with Crippen LogP contribution in [0.1, 0.15) is 58.1 Å². The lowest BCUT2D eigenvalue weighted by Crippen LogP contribution is -2.40. The first-order chi connectivity index (χ1) is 14.0. The number of likely N-dealkylation sites (tertiary alicyclic amines) is 1. The predicted octanol–water partition coefficient (Wildman–Crippen LogP) is 2.21. The third-order valence-corrected chi connectivity index (χ3v) is 6.69. The Morgan fingerprint density at radius 3 is 2.76 bits per heavy atom. The van der Waals surface area contributed by atoms with Crippen LogP contribution in [0.15, 0.2) is 5.51 Å². The maximum Gasteiger partial charge on any atom is 0.265 e. The van der Waals surface area contributed by atoms with Gasteiger partial charge in [0.05, 0.1) is 23.4 Å². The number of anilines is 1. The zero-order valence-corrected chi connectivity index (χ0v) is 17.9. The summed E-state index contributed by atoms with van der Waals surface area (Å²) in [5, 5.41) is 3.18. The molecule has 2 aromatic heterocycles. The largest absolute Gasteiger partial charge is 0.373 e. The molecule has 29 heavy (non-hydrogen) atoms. The summed E-state index contributed by atoms with van der Waals surface area (Å²) in [5.74, 6) is 1.82. The van der Waals surface area contributed by atoms with Crippen LogP contribution in [0.3, 0.4) is 0 Å². The molecule has 0 aliphatic carbocycles. The van der Waals surface area contributed by atoms with E-state index in [1.165, 1.54) is 11.3 Å². The van der Waals surface area contributed by atoms with Gasteiger partial charge in [0.1, 0.15) is 16.5 Å². The van der Waals surface area contributed by atoms with E-state index < -0.39 is 0 Å². The Balaban J connectivity index is 1.57. The number of carbonyl (C=O) groups is 2. The number of nitrogens with one attached hydrogen (secondary N) is 1. The van der Waals surface area contributed by atoms with Gasteiger partial charge in [0.15, 0.2) is 0 Å². The van der Waals surface area contributed by atoms with E-state index in [4.69, 9.17) is 9.97 Å². The number of thiazole rings is 1. The molecule has 0 spiro atoms. The van der Waals surface area contributed by atoms with E-state index in [9.17, 15) is 9.59 Å². The fourth-order valence-electron chi connectivity index (χ4n) is 4.11. The first kappa shape index (κ1) is 19.8. The van der Waals surface area contributed by atoms with Crippen molar-refractivity contribution in [1.29, 1.82) is 0 Å². The molecule has 1 saturated heterocycles. The van der Waals surface area contributed by atoms with Gasteiger partial charge in [0.2, 0.25) is 5.91 Å². The Labute approximate surface area is 174 Å². The molecule has 2 aliphatic heterocycles. The minimum Gasteiger partial charge on any atom is -0.373 e. The van der Waals surface area contributed by atoms with Crippen molar-refractivity contribution in [3.8, 4) is 0 Å². The number of hydrogen-bond donors (Lipinski definition) is 1. The van der Waals surface area contributed by atoms with Crippen LogP contribution in [0, 0.1) is 6.92 Å². The highest BCUT2D eigenvalue weighted by molar-refractivity contribution is 7.11. The van der Waals surface area contributed by atoms with Gasteiger partial charge in [-0.05, 0) is 19.8 Å². The summed E-state index contributed by atoms with van der Waals surface area (Å²) in [6.07, 6.45) is 2.63. The van der Waals surface area contributed by atoms with E-state index >= 15 is 0 Å². The SMILES string of the molecule is CNc1nc(C2CCCN(C(=O)c3scnc3C)C2)nc2c1CN(C(C)=O)CC2. The van der Waals surface area contributed by atoms with Gasteiger partial charge in [-0.1, -0.05) is 0 Å². The summed E-state index contributed by atoms with van der Waals surface area (Å²) < 4.78 is 0. The van der Waals surface area contributed by atoms with Gasteiger partial charge < -0.3 is 15.1 Å². The number of hydrogen-bond acceptors (Lipinski definition) is 7. The number of nitrogens with zero attached hydrogens (tertiary/aromatic N) is 5. The second-order valence-corrected chi connectivity index (χ2v) is 8.51. The molecule has 1 atom stereocenters. The molecule has 2 aliphatic rings. The number of carbonyl (C=O) groups excluding carboxylic acids is 2. The van der Waals surface area contributed by atoms with E-state index in [-0.39, 0.29) is 17.7 Å². The van der Waals surface area contributed by atoms with Gasteiger partial charge in [-0.2, -0.15) is 0 Å². The van der Waals surface area contributed by atoms with E-state index in [2.05, 4.69) is 10.3 Å². The summed E-state index contributed by atoms with van der Waals surface area (Å²) >= 11 is 1.40. The topological polar surface area (TPSA) is 91.3 Å². The highest BCUT2D eigenvalue weighted by atomic mass is 32.1. The minimum absolute atomic E-state index is 0.0543. The van der Waals surface area contributed by atoms with E-state index in [1.807, 2.05) is 23.8 Å². The van der Waals surface area contributed by atoms with Crippen LogP contribution in [0.5, 0.6) is 0 Å². The third kappa shape index (κ3) is 3.83. The smallest absolute Gasteiger partial charge is 0.265 e. The fourth-order valence-corrected chi connectivity index (χ4v) is 4.88. The lowest BCUT2D eigenvalue weighted by molar-refractivity contribution is -0.129. The molecule has 0 aromatic carbocycles. The van der Waals surface area contributed by atoms with Crippen molar-refractivity contribution in [2.24, 2.45) is 0 Å². The van der Waals surface area contributed by atoms with Crippen molar-refractivity contribution < 1.29 is 9.59 Å². The summed E-state index contributed by atoms with van der Waals surface area (Å²) in [6.45, 7) is 6.07. The predicted molar refractivity (Wildman–Crippen MR) is 111 cm³/mol. The van der Waals surface area contributed by atoms with Gasteiger partial charge >= 0.3 is 0 Å². The third-order valence-electron chi connectivity index (χ3n) is 5.77. The molecule has 8 nitrogen and oxygen atoms in total. The molecule has 0 saturated carbocycles. The van der Waals surface area contributed by atoms with Gasteiger partial charge in [-0.3, -0.25) is 9.59 Å². The standard InChI is InChI=1S/C20H26N6O2S/c1-12-17(29-11-22-12)20(28)26-7-4-5-14(9-26)18-23-16-6-8-25(13(2)27)10-15(16)19(21-3)24-18/h11,14H,4-10H2,1-3H3,(H,21,23,24). The summed E-state index contributed by atoms with van der Waals surface area (Å²) in [5.41, 5.74) is 4.53. The van der Waals surface area contributed by atoms with Crippen LogP contribution >= 0.6 is 11.3 Å². The first-order valence-electron chi connectivity index (χ1n) is 10.00. The normalized spacial score (nSPS) is 19.1. The van der Waals surface area contributed by atoms with Crippen molar-refractivity contribution in [2.45, 2.75) is 45.6 Å². The molecule has 4 rings (SSSR count). The van der Waals surface area contributed by atoms with Crippen molar-refractivity contribution in [3.05, 3.63) is 33.2 Å². The molecule has 1 unspecified atom stereocenters. The molecule has 4 heterocycles. The fraction of sp³-hybridized carbons (Fsp3) is 0.550. The molecule has 9 heteroatoms. The molecular weight excluding hydrogens is 388 g/mol. The number of rotatable bonds is 3. The van der Waals surface area contributed by atoms with Crippen LogP contribution in [-0.4, -0.2) is 63.2 Å². The number of piperidine rings is 1. The molecule has 0 radical (unpaired) electrons. The van der Waals surface area contributed by atoms with E-state index in [0.29, 0.717) is 19.6 Å². The number of aryl methyl sites for hydroxylation is 1. The van der Waals surface area contributed by atoms with Crippen LogP contribution in [0.4, 0.5) is 5.82 Å². The Kier molecular flexibility index (Phi) is 5.49. The highest BCUT2D eigenvalue weighted by Crippen LogP contribution is 2.31. The molecule has 2 amide bonds. The Morgan fingerprint density at radius 2 is 2.07 bits per heavy atom. The molecule has 154 valence electrons. The van der Waals surface area contributed by atoms with Crippen LogP contribution in [0.25, 0.3) is 0 Å². The van der Waals surface area contributed by atoms with Crippen LogP contribution in [0.2, 0.25) is 0 Å². The molecule has 2 aromatic rings. The number of amides is 2. The van der Waals surface area contributed by atoms with Crippen molar-refractivity contribution in [3.63, 3.8) is 0 Å². The Bertz CT molecular complexity index is 926.